The van der Waals surface area contributed by atoms with Crippen LogP contribution >= 0.6 is 15.9 Å². The fourth-order valence-corrected chi connectivity index (χ4v) is 2.95. The number of carbonyl (C=O) groups excluding carboxylic acids is 2. The Kier molecular flexibility index (Phi) is 4.76. The molecule has 1 saturated heterocycles. The summed E-state index contributed by atoms with van der Waals surface area (Å²) >= 11 is 3.36. The second-order valence-electron chi connectivity index (χ2n) is 5.66. The highest BCUT2D eigenvalue weighted by Gasteiger charge is 2.34. The third-order valence-corrected chi connectivity index (χ3v) is 4.44. The summed E-state index contributed by atoms with van der Waals surface area (Å²) in [6.07, 6.45) is 0.273. The van der Waals surface area contributed by atoms with Crippen LogP contribution < -0.4 is 5.32 Å². The standard InChI is InChI=1S/C18H17BrN2O2/c19-15-6-8-16(9-7-15)20-18(23)14-10-17(22)21(12-14)11-13-4-2-1-3-5-13/h1-9,14H,10-12H2,(H,20,23). The number of likely N-dealkylation sites (tertiary alicyclic amines) is 1. The van der Waals surface area contributed by atoms with Gasteiger partial charge in [0.1, 0.15) is 0 Å². The first kappa shape index (κ1) is 15.7. The molecule has 1 heterocycles. The van der Waals surface area contributed by atoms with Gasteiger partial charge in [0.2, 0.25) is 11.8 Å². The maximum Gasteiger partial charge on any atom is 0.229 e. The number of benzene rings is 2. The Balaban J connectivity index is 1.60. The summed E-state index contributed by atoms with van der Waals surface area (Å²) in [4.78, 5) is 26.2. The molecular formula is C18H17BrN2O2. The van der Waals surface area contributed by atoms with Crippen LogP contribution in [0.1, 0.15) is 12.0 Å². The van der Waals surface area contributed by atoms with Gasteiger partial charge in [-0.05, 0) is 29.8 Å². The van der Waals surface area contributed by atoms with Gasteiger partial charge in [-0.2, -0.15) is 0 Å². The predicted octanol–water partition coefficient (Wildman–Crippen LogP) is 3.44. The fraction of sp³-hybridized carbons (Fsp3) is 0.222. The van der Waals surface area contributed by atoms with Gasteiger partial charge in [0.05, 0.1) is 5.92 Å². The highest BCUT2D eigenvalue weighted by molar-refractivity contribution is 9.10. The van der Waals surface area contributed by atoms with E-state index in [4.69, 9.17) is 0 Å². The van der Waals surface area contributed by atoms with Crippen molar-refractivity contribution >= 4 is 33.4 Å². The zero-order chi connectivity index (χ0) is 16.2. The third kappa shape index (κ3) is 3.99. The Bertz CT molecular complexity index is 701. The van der Waals surface area contributed by atoms with Crippen molar-refractivity contribution < 1.29 is 9.59 Å². The number of nitrogens with one attached hydrogen (secondary N) is 1. The van der Waals surface area contributed by atoms with E-state index in [2.05, 4.69) is 21.2 Å². The van der Waals surface area contributed by atoms with E-state index in [9.17, 15) is 9.59 Å². The quantitative estimate of drug-likeness (QED) is 0.893. The smallest absolute Gasteiger partial charge is 0.229 e. The molecule has 2 aromatic rings. The zero-order valence-corrected chi connectivity index (χ0v) is 14.1. The molecule has 3 rings (SSSR count). The highest BCUT2D eigenvalue weighted by Crippen LogP contribution is 2.22. The molecule has 0 bridgehead atoms. The van der Waals surface area contributed by atoms with Crippen LogP contribution in [0.4, 0.5) is 5.69 Å². The Hall–Kier alpha value is -2.14. The number of carbonyl (C=O) groups is 2. The molecule has 0 aromatic heterocycles. The van der Waals surface area contributed by atoms with Crippen LogP contribution in [-0.2, 0) is 16.1 Å². The van der Waals surface area contributed by atoms with Crippen LogP contribution in [-0.4, -0.2) is 23.3 Å². The normalized spacial score (nSPS) is 17.3. The summed E-state index contributed by atoms with van der Waals surface area (Å²) in [5.41, 5.74) is 1.82. The number of hydrogen-bond acceptors (Lipinski definition) is 2. The van der Waals surface area contributed by atoms with Crippen molar-refractivity contribution in [2.24, 2.45) is 5.92 Å². The van der Waals surface area contributed by atoms with E-state index in [1.54, 1.807) is 4.90 Å². The molecular weight excluding hydrogens is 356 g/mol. The van der Waals surface area contributed by atoms with Crippen molar-refractivity contribution in [2.75, 3.05) is 11.9 Å². The van der Waals surface area contributed by atoms with Crippen LogP contribution in [0.3, 0.4) is 0 Å². The number of amides is 2. The molecule has 23 heavy (non-hydrogen) atoms. The molecule has 0 saturated carbocycles. The van der Waals surface area contributed by atoms with Crippen molar-refractivity contribution in [3.05, 3.63) is 64.6 Å². The lowest BCUT2D eigenvalue weighted by Crippen LogP contribution is -2.28. The first-order valence-corrected chi connectivity index (χ1v) is 8.29. The van der Waals surface area contributed by atoms with E-state index in [1.165, 1.54) is 0 Å². The van der Waals surface area contributed by atoms with Crippen LogP contribution in [0, 0.1) is 5.92 Å². The molecule has 0 radical (unpaired) electrons. The molecule has 2 aromatic carbocycles. The van der Waals surface area contributed by atoms with Gasteiger partial charge in [-0.3, -0.25) is 9.59 Å². The topological polar surface area (TPSA) is 49.4 Å². The molecule has 1 fully saturated rings. The van der Waals surface area contributed by atoms with Crippen LogP contribution in [0.15, 0.2) is 59.1 Å². The third-order valence-electron chi connectivity index (χ3n) is 3.91. The summed E-state index contributed by atoms with van der Waals surface area (Å²) in [7, 11) is 0. The molecule has 0 spiro atoms. The summed E-state index contributed by atoms with van der Waals surface area (Å²) in [6.45, 7) is 1.03. The molecule has 2 amide bonds. The van der Waals surface area contributed by atoms with E-state index < -0.39 is 0 Å². The number of rotatable bonds is 4. The summed E-state index contributed by atoms with van der Waals surface area (Å²) < 4.78 is 0.959. The van der Waals surface area contributed by atoms with E-state index in [-0.39, 0.29) is 24.2 Å². The Labute approximate surface area is 143 Å². The summed E-state index contributed by atoms with van der Waals surface area (Å²) in [6, 6.07) is 17.2. The van der Waals surface area contributed by atoms with Crippen LogP contribution in [0.5, 0.6) is 0 Å². The van der Waals surface area contributed by atoms with Gasteiger partial charge in [0, 0.05) is 29.7 Å². The number of hydrogen-bond donors (Lipinski definition) is 1. The number of halogens is 1. The molecule has 118 valence electrons. The molecule has 5 heteroatoms. The van der Waals surface area contributed by atoms with E-state index >= 15 is 0 Å². The summed E-state index contributed by atoms with van der Waals surface area (Å²) in [5, 5.41) is 2.88. The van der Waals surface area contributed by atoms with Gasteiger partial charge < -0.3 is 10.2 Å². The van der Waals surface area contributed by atoms with Crippen molar-refractivity contribution in [3.63, 3.8) is 0 Å². The Morgan fingerprint density at radius 2 is 1.83 bits per heavy atom. The largest absolute Gasteiger partial charge is 0.338 e. The lowest BCUT2D eigenvalue weighted by molar-refractivity contribution is -0.128. The minimum absolute atomic E-state index is 0.0322. The monoisotopic (exact) mass is 372 g/mol. The SMILES string of the molecule is O=C(Nc1ccc(Br)cc1)C1CC(=O)N(Cc2ccccc2)C1. The maximum atomic E-state index is 12.3. The Morgan fingerprint density at radius 3 is 2.52 bits per heavy atom. The van der Waals surface area contributed by atoms with Gasteiger partial charge in [-0.25, -0.2) is 0 Å². The van der Waals surface area contributed by atoms with Gasteiger partial charge in [0.15, 0.2) is 0 Å². The van der Waals surface area contributed by atoms with E-state index in [1.807, 2.05) is 54.6 Å². The lowest BCUT2D eigenvalue weighted by Gasteiger charge is -2.16. The molecule has 1 atom stereocenters. The molecule has 1 unspecified atom stereocenters. The average Bonchev–Trinajstić information content (AvgIpc) is 2.92. The maximum absolute atomic E-state index is 12.3. The zero-order valence-electron chi connectivity index (χ0n) is 12.5. The second-order valence-corrected chi connectivity index (χ2v) is 6.57. The minimum atomic E-state index is -0.296. The molecule has 1 aliphatic rings. The van der Waals surface area contributed by atoms with Crippen molar-refractivity contribution in [1.29, 1.82) is 0 Å². The average molecular weight is 373 g/mol. The van der Waals surface area contributed by atoms with Crippen molar-refractivity contribution in [2.45, 2.75) is 13.0 Å². The fourth-order valence-electron chi connectivity index (χ4n) is 2.68. The first-order valence-electron chi connectivity index (χ1n) is 7.50. The Morgan fingerprint density at radius 1 is 1.13 bits per heavy atom. The van der Waals surface area contributed by atoms with Gasteiger partial charge >= 0.3 is 0 Å². The van der Waals surface area contributed by atoms with Crippen LogP contribution in [0.25, 0.3) is 0 Å². The first-order chi connectivity index (χ1) is 11.1. The van der Waals surface area contributed by atoms with Crippen molar-refractivity contribution in [1.82, 2.24) is 4.90 Å². The van der Waals surface area contributed by atoms with E-state index in [0.717, 1.165) is 15.7 Å². The predicted molar refractivity (Wildman–Crippen MR) is 92.7 cm³/mol. The summed E-state index contributed by atoms with van der Waals surface area (Å²) in [5.74, 6) is -0.365. The van der Waals surface area contributed by atoms with Gasteiger partial charge in [0.25, 0.3) is 0 Å². The van der Waals surface area contributed by atoms with E-state index in [0.29, 0.717) is 13.1 Å². The number of anilines is 1. The molecule has 1 N–H and O–H groups in total. The molecule has 1 aliphatic heterocycles. The lowest BCUT2D eigenvalue weighted by atomic mass is 10.1. The van der Waals surface area contributed by atoms with Gasteiger partial charge in [-0.1, -0.05) is 46.3 Å². The van der Waals surface area contributed by atoms with Crippen molar-refractivity contribution in [3.8, 4) is 0 Å². The number of nitrogens with zero attached hydrogens (tertiary/aromatic N) is 1. The molecule has 4 nitrogen and oxygen atoms in total. The second kappa shape index (κ2) is 6.96. The minimum Gasteiger partial charge on any atom is -0.338 e. The highest BCUT2D eigenvalue weighted by atomic mass is 79.9. The van der Waals surface area contributed by atoms with Gasteiger partial charge in [-0.15, -0.1) is 0 Å². The molecule has 0 aliphatic carbocycles. The van der Waals surface area contributed by atoms with Crippen LogP contribution in [0.2, 0.25) is 0 Å².